The molecule has 0 aliphatic heterocycles. The molecule has 0 amide bonds. The molecule has 0 saturated heterocycles. The summed E-state index contributed by atoms with van der Waals surface area (Å²) in [6.45, 7) is 4.21. The minimum atomic E-state index is 1.12. The van der Waals surface area contributed by atoms with Gasteiger partial charge in [0.25, 0.3) is 0 Å². The zero-order valence-corrected chi connectivity index (χ0v) is 7.33. The zero-order valence-electron chi connectivity index (χ0n) is 7.33. The van der Waals surface area contributed by atoms with Crippen LogP contribution in [0.5, 0.6) is 0 Å². The Morgan fingerprint density at radius 3 is 2.58 bits per heavy atom. The highest BCUT2D eigenvalue weighted by Gasteiger charge is 1.98. The predicted octanol–water partition coefficient (Wildman–Crippen LogP) is 2.85. The Hall–Kier alpha value is -1.37. The molecule has 0 unspecified atom stereocenters. The van der Waals surface area contributed by atoms with Crippen molar-refractivity contribution in [2.75, 3.05) is 0 Å². The Morgan fingerprint density at radius 1 is 1.00 bits per heavy atom. The van der Waals surface area contributed by atoms with Gasteiger partial charge in [0, 0.05) is 11.6 Å². The van der Waals surface area contributed by atoms with Gasteiger partial charge in [-0.1, -0.05) is 18.2 Å². The third-order valence-electron chi connectivity index (χ3n) is 2.19. The summed E-state index contributed by atoms with van der Waals surface area (Å²) in [5.74, 6) is 0. The van der Waals surface area contributed by atoms with Crippen LogP contribution < -0.4 is 0 Å². The van der Waals surface area contributed by atoms with Crippen molar-refractivity contribution < 1.29 is 0 Å². The third kappa shape index (κ3) is 0.981. The highest BCUT2D eigenvalue weighted by atomic mass is 14.6. The van der Waals surface area contributed by atoms with E-state index in [0.29, 0.717) is 0 Å². The number of pyridine rings is 1. The third-order valence-corrected chi connectivity index (χ3v) is 2.19. The first-order valence-electron chi connectivity index (χ1n) is 4.10. The van der Waals surface area contributed by atoms with Crippen LogP contribution in [0.25, 0.3) is 10.9 Å². The number of hydrogen-bond donors (Lipinski definition) is 0. The van der Waals surface area contributed by atoms with Crippen molar-refractivity contribution in [2.24, 2.45) is 0 Å². The second-order valence-corrected chi connectivity index (χ2v) is 3.10. The van der Waals surface area contributed by atoms with Gasteiger partial charge < -0.3 is 0 Å². The molecule has 0 fully saturated rings. The number of para-hydroxylation sites is 1. The second-order valence-electron chi connectivity index (χ2n) is 3.10. The molecule has 60 valence electrons. The highest BCUT2D eigenvalue weighted by molar-refractivity contribution is 5.84. The minimum absolute atomic E-state index is 1.12. The molecule has 2 rings (SSSR count). The van der Waals surface area contributed by atoms with E-state index in [1.54, 1.807) is 0 Å². The van der Waals surface area contributed by atoms with Gasteiger partial charge in [0.05, 0.1) is 5.52 Å². The van der Waals surface area contributed by atoms with E-state index < -0.39 is 0 Å². The highest BCUT2D eigenvalue weighted by Crippen LogP contribution is 2.18. The first-order chi connectivity index (χ1) is 5.79. The molecule has 0 atom stereocenters. The van der Waals surface area contributed by atoms with Gasteiger partial charge in [-0.2, -0.15) is 0 Å². The van der Waals surface area contributed by atoms with Crippen molar-refractivity contribution in [2.45, 2.75) is 13.8 Å². The summed E-state index contributed by atoms with van der Waals surface area (Å²) in [5.41, 5.74) is 3.66. The maximum absolute atomic E-state index is 4.34. The van der Waals surface area contributed by atoms with Crippen molar-refractivity contribution in [3.05, 3.63) is 41.6 Å². The Labute approximate surface area is 72.1 Å². The van der Waals surface area contributed by atoms with Crippen LogP contribution in [0, 0.1) is 13.8 Å². The van der Waals surface area contributed by atoms with Gasteiger partial charge in [-0.3, -0.25) is 4.98 Å². The molecule has 0 aliphatic rings. The quantitative estimate of drug-likeness (QED) is 0.573. The topological polar surface area (TPSA) is 12.9 Å². The van der Waals surface area contributed by atoms with Crippen molar-refractivity contribution in [1.29, 1.82) is 0 Å². The molecule has 0 radical (unpaired) electrons. The molecule has 1 heterocycles. The zero-order chi connectivity index (χ0) is 8.55. The fourth-order valence-electron chi connectivity index (χ4n) is 1.46. The van der Waals surface area contributed by atoms with E-state index in [1.165, 1.54) is 16.5 Å². The molecule has 1 aromatic heterocycles. The first-order valence-corrected chi connectivity index (χ1v) is 4.10. The molecule has 0 bridgehead atoms. The molecule has 0 aliphatic carbocycles. The summed E-state index contributed by atoms with van der Waals surface area (Å²) in [6, 6.07) is 8.33. The number of rotatable bonds is 0. The molecule has 2 aromatic rings. The lowest BCUT2D eigenvalue weighted by Crippen LogP contribution is -1.84. The summed E-state index contributed by atoms with van der Waals surface area (Å²) in [5, 5.41) is 1.26. The van der Waals surface area contributed by atoms with E-state index in [2.05, 4.69) is 37.0 Å². The van der Waals surface area contributed by atoms with E-state index in [1.807, 2.05) is 12.3 Å². The van der Waals surface area contributed by atoms with Crippen LogP contribution in [-0.4, -0.2) is 4.98 Å². The van der Waals surface area contributed by atoms with Crippen LogP contribution in [-0.2, 0) is 0 Å². The van der Waals surface area contributed by atoms with Crippen LogP contribution in [0.15, 0.2) is 30.5 Å². The molecule has 0 N–H and O–H groups in total. The van der Waals surface area contributed by atoms with Crippen LogP contribution in [0.2, 0.25) is 0 Å². The second kappa shape index (κ2) is 2.59. The average Bonchev–Trinajstić information content (AvgIpc) is 2.07. The Balaban J connectivity index is 2.94. The maximum Gasteiger partial charge on any atom is 0.0733 e. The summed E-state index contributed by atoms with van der Waals surface area (Å²) in [4.78, 5) is 4.34. The monoisotopic (exact) mass is 157 g/mol. The van der Waals surface area contributed by atoms with Gasteiger partial charge >= 0.3 is 0 Å². The predicted molar refractivity (Wildman–Crippen MR) is 51.2 cm³/mol. The number of nitrogens with zero attached hydrogens (tertiary/aromatic N) is 1. The van der Waals surface area contributed by atoms with Crippen LogP contribution in [0.3, 0.4) is 0 Å². The summed E-state index contributed by atoms with van der Waals surface area (Å²) in [7, 11) is 0. The minimum Gasteiger partial charge on any atom is -0.256 e. The average molecular weight is 157 g/mol. The largest absolute Gasteiger partial charge is 0.256 e. The molecule has 0 saturated carbocycles. The van der Waals surface area contributed by atoms with Gasteiger partial charge in [0.15, 0.2) is 0 Å². The van der Waals surface area contributed by atoms with E-state index in [9.17, 15) is 0 Å². The number of fused-ring (bicyclic) bond motifs is 1. The molecule has 1 aromatic carbocycles. The molecular formula is C11H11N. The summed E-state index contributed by atoms with van der Waals surface area (Å²) in [6.07, 6.45) is 1.87. The van der Waals surface area contributed by atoms with E-state index in [4.69, 9.17) is 0 Å². The number of hydrogen-bond acceptors (Lipinski definition) is 1. The van der Waals surface area contributed by atoms with Crippen molar-refractivity contribution >= 4 is 10.9 Å². The van der Waals surface area contributed by atoms with Crippen molar-refractivity contribution in [1.82, 2.24) is 4.98 Å². The van der Waals surface area contributed by atoms with Gasteiger partial charge in [0.2, 0.25) is 0 Å². The fourth-order valence-corrected chi connectivity index (χ4v) is 1.46. The Kier molecular flexibility index (Phi) is 1.58. The van der Waals surface area contributed by atoms with Gasteiger partial charge in [-0.15, -0.1) is 0 Å². The summed E-state index contributed by atoms with van der Waals surface area (Å²) >= 11 is 0. The SMILES string of the molecule is Cc1ccnc2c(C)cccc12. The number of aromatic nitrogens is 1. The van der Waals surface area contributed by atoms with E-state index >= 15 is 0 Å². The van der Waals surface area contributed by atoms with Gasteiger partial charge in [0.1, 0.15) is 0 Å². The lowest BCUT2D eigenvalue weighted by atomic mass is 10.1. The smallest absolute Gasteiger partial charge is 0.0733 e. The van der Waals surface area contributed by atoms with Crippen LogP contribution in [0.4, 0.5) is 0 Å². The first kappa shape index (κ1) is 7.29. The molecule has 0 spiro atoms. The normalized spacial score (nSPS) is 10.5. The van der Waals surface area contributed by atoms with Crippen molar-refractivity contribution in [3.8, 4) is 0 Å². The standard InChI is InChI=1S/C11H11N/c1-8-6-7-12-11-9(2)4-3-5-10(8)11/h3-7H,1-2H3. The molecule has 1 nitrogen and oxygen atoms in total. The van der Waals surface area contributed by atoms with Gasteiger partial charge in [-0.25, -0.2) is 0 Å². The fraction of sp³-hybridized carbons (Fsp3) is 0.182. The molecule has 1 heteroatoms. The maximum atomic E-state index is 4.34. The van der Waals surface area contributed by atoms with Crippen LogP contribution in [0.1, 0.15) is 11.1 Å². The van der Waals surface area contributed by atoms with Gasteiger partial charge in [-0.05, 0) is 31.0 Å². The number of aryl methyl sites for hydroxylation is 2. The Morgan fingerprint density at radius 2 is 1.83 bits per heavy atom. The Bertz CT molecular complexity index is 377. The van der Waals surface area contributed by atoms with E-state index in [-0.39, 0.29) is 0 Å². The van der Waals surface area contributed by atoms with E-state index in [0.717, 1.165) is 5.52 Å². The number of benzene rings is 1. The molecule has 12 heavy (non-hydrogen) atoms. The lowest BCUT2D eigenvalue weighted by Gasteiger charge is -2.02. The van der Waals surface area contributed by atoms with Crippen molar-refractivity contribution in [3.63, 3.8) is 0 Å². The summed E-state index contributed by atoms with van der Waals surface area (Å²) < 4.78 is 0. The lowest BCUT2D eigenvalue weighted by molar-refractivity contribution is 1.34. The molecular weight excluding hydrogens is 146 g/mol. The van der Waals surface area contributed by atoms with Crippen LogP contribution >= 0.6 is 0 Å².